The molecule has 0 aliphatic heterocycles. The zero-order valence-corrected chi connectivity index (χ0v) is 16.7. The summed E-state index contributed by atoms with van der Waals surface area (Å²) in [6.45, 7) is 0. The van der Waals surface area contributed by atoms with Crippen LogP contribution in [0.5, 0.6) is 11.6 Å². The average molecular weight is 404 g/mol. The van der Waals surface area contributed by atoms with Gasteiger partial charge in [0, 0.05) is 31.1 Å². The molecular weight excluding hydrogens is 384 g/mol. The molecule has 0 atom stereocenters. The standard InChI is InChI=1S/C21H20N6O3/c1-22-20(28)16-5-4-6-18(24-16)25-19-11-15-9-13(7-8-27(15)26-19)14-10-17(29-2)21(30-3)23-12-14/h4-12H,1-3H3,(H,22,28)(H,24,25,26). The molecule has 0 unspecified atom stereocenters. The Bertz CT molecular complexity index is 1220. The van der Waals surface area contributed by atoms with E-state index in [2.05, 4.69) is 25.7 Å². The number of anilines is 2. The average Bonchev–Trinajstić information content (AvgIpc) is 3.19. The van der Waals surface area contributed by atoms with Crippen LogP contribution in [-0.2, 0) is 0 Å². The molecule has 0 bridgehead atoms. The quantitative estimate of drug-likeness (QED) is 0.509. The Kier molecular flexibility index (Phi) is 5.17. The lowest BCUT2D eigenvalue weighted by atomic mass is 10.1. The number of rotatable bonds is 6. The number of hydrogen-bond donors (Lipinski definition) is 2. The topological polar surface area (TPSA) is 103 Å². The summed E-state index contributed by atoms with van der Waals surface area (Å²) >= 11 is 0. The minimum Gasteiger partial charge on any atom is -0.491 e. The minimum atomic E-state index is -0.248. The largest absolute Gasteiger partial charge is 0.491 e. The summed E-state index contributed by atoms with van der Waals surface area (Å²) in [5.74, 6) is 1.89. The normalized spacial score (nSPS) is 10.6. The molecular formula is C21H20N6O3. The maximum Gasteiger partial charge on any atom is 0.269 e. The van der Waals surface area contributed by atoms with E-state index in [9.17, 15) is 4.79 Å². The van der Waals surface area contributed by atoms with Crippen molar-refractivity contribution in [3.63, 3.8) is 0 Å². The summed E-state index contributed by atoms with van der Waals surface area (Å²) in [6, 6.07) is 12.9. The van der Waals surface area contributed by atoms with Crippen LogP contribution in [0.3, 0.4) is 0 Å². The van der Waals surface area contributed by atoms with Gasteiger partial charge in [0.25, 0.3) is 11.8 Å². The Hall–Kier alpha value is -4.14. The second-order valence-electron chi connectivity index (χ2n) is 6.36. The summed E-state index contributed by atoms with van der Waals surface area (Å²) in [4.78, 5) is 20.4. The van der Waals surface area contributed by atoms with Crippen LogP contribution in [0.25, 0.3) is 16.6 Å². The van der Waals surface area contributed by atoms with Gasteiger partial charge >= 0.3 is 0 Å². The van der Waals surface area contributed by atoms with Crippen molar-refractivity contribution in [2.45, 2.75) is 0 Å². The fourth-order valence-corrected chi connectivity index (χ4v) is 3.01. The van der Waals surface area contributed by atoms with Crippen molar-refractivity contribution in [2.75, 3.05) is 26.6 Å². The molecule has 30 heavy (non-hydrogen) atoms. The Labute approximate surface area is 172 Å². The summed E-state index contributed by atoms with van der Waals surface area (Å²) < 4.78 is 12.3. The zero-order valence-electron chi connectivity index (χ0n) is 16.7. The first-order valence-electron chi connectivity index (χ1n) is 9.15. The van der Waals surface area contributed by atoms with Crippen molar-refractivity contribution >= 4 is 23.1 Å². The fraction of sp³-hybridized carbons (Fsp3) is 0.143. The monoisotopic (exact) mass is 404 g/mol. The number of aromatic nitrogens is 4. The van der Waals surface area contributed by atoms with E-state index in [0.717, 1.165) is 16.6 Å². The summed E-state index contributed by atoms with van der Waals surface area (Å²) in [6.07, 6.45) is 3.60. The molecule has 1 amide bonds. The highest BCUT2D eigenvalue weighted by atomic mass is 16.5. The second-order valence-corrected chi connectivity index (χ2v) is 6.36. The van der Waals surface area contributed by atoms with Gasteiger partial charge in [0.1, 0.15) is 11.5 Å². The number of ether oxygens (including phenoxy) is 2. The molecule has 9 heteroatoms. The van der Waals surface area contributed by atoms with E-state index in [1.54, 1.807) is 50.2 Å². The van der Waals surface area contributed by atoms with E-state index in [4.69, 9.17) is 9.47 Å². The van der Waals surface area contributed by atoms with Gasteiger partial charge < -0.3 is 20.1 Å². The third kappa shape index (κ3) is 3.72. The molecule has 0 saturated carbocycles. The number of amides is 1. The molecule has 0 saturated heterocycles. The van der Waals surface area contributed by atoms with E-state index in [0.29, 0.717) is 29.0 Å². The van der Waals surface area contributed by atoms with Crippen LogP contribution in [0.15, 0.2) is 54.9 Å². The molecule has 4 aromatic heterocycles. The molecule has 152 valence electrons. The van der Waals surface area contributed by atoms with Gasteiger partial charge in [-0.1, -0.05) is 6.07 Å². The number of pyridine rings is 3. The lowest BCUT2D eigenvalue weighted by molar-refractivity contribution is 0.0958. The number of hydrogen-bond acceptors (Lipinski definition) is 7. The van der Waals surface area contributed by atoms with Gasteiger partial charge in [-0.2, -0.15) is 5.10 Å². The van der Waals surface area contributed by atoms with Crippen molar-refractivity contribution in [3.8, 4) is 22.8 Å². The molecule has 4 aromatic rings. The number of nitrogens with zero attached hydrogens (tertiary/aromatic N) is 4. The molecule has 4 rings (SSSR count). The molecule has 2 N–H and O–H groups in total. The van der Waals surface area contributed by atoms with Crippen molar-refractivity contribution in [2.24, 2.45) is 0 Å². The van der Waals surface area contributed by atoms with Gasteiger partial charge in [0.15, 0.2) is 11.6 Å². The highest BCUT2D eigenvalue weighted by Gasteiger charge is 2.10. The molecule has 0 aromatic carbocycles. The Morgan fingerprint density at radius 2 is 1.90 bits per heavy atom. The molecule has 0 aliphatic carbocycles. The van der Waals surface area contributed by atoms with Crippen molar-refractivity contribution in [1.29, 1.82) is 0 Å². The maximum absolute atomic E-state index is 11.8. The second kappa shape index (κ2) is 8.08. The van der Waals surface area contributed by atoms with E-state index in [1.807, 2.05) is 30.5 Å². The molecule has 0 fully saturated rings. The van der Waals surface area contributed by atoms with Crippen LogP contribution in [0.1, 0.15) is 10.5 Å². The summed E-state index contributed by atoms with van der Waals surface area (Å²) in [7, 11) is 4.70. The van der Waals surface area contributed by atoms with E-state index in [-0.39, 0.29) is 5.91 Å². The molecule has 0 aliphatic rings. The number of carbonyl (C=O) groups is 1. The predicted octanol–water partition coefficient (Wildman–Crippen LogP) is 2.91. The summed E-state index contributed by atoms with van der Waals surface area (Å²) in [5, 5.41) is 10.2. The van der Waals surface area contributed by atoms with Crippen molar-refractivity contribution in [1.82, 2.24) is 24.9 Å². The SMILES string of the molecule is CNC(=O)c1cccc(Nc2cc3cc(-c4cnc(OC)c(OC)c4)ccn3n2)n1. The predicted molar refractivity (Wildman–Crippen MR) is 112 cm³/mol. The van der Waals surface area contributed by atoms with Crippen LogP contribution in [0.2, 0.25) is 0 Å². The van der Waals surface area contributed by atoms with Crippen molar-refractivity contribution in [3.05, 3.63) is 60.6 Å². The Morgan fingerprint density at radius 1 is 1.03 bits per heavy atom. The maximum atomic E-state index is 11.8. The molecule has 0 radical (unpaired) electrons. The highest BCUT2D eigenvalue weighted by molar-refractivity contribution is 5.92. The van der Waals surface area contributed by atoms with Gasteiger partial charge in [-0.25, -0.2) is 14.5 Å². The smallest absolute Gasteiger partial charge is 0.269 e. The lowest BCUT2D eigenvalue weighted by Gasteiger charge is -2.08. The number of fused-ring (bicyclic) bond motifs is 1. The van der Waals surface area contributed by atoms with E-state index in [1.165, 1.54) is 0 Å². The number of methoxy groups -OCH3 is 2. The van der Waals surface area contributed by atoms with Crippen LogP contribution >= 0.6 is 0 Å². The fourth-order valence-electron chi connectivity index (χ4n) is 3.01. The van der Waals surface area contributed by atoms with E-state index < -0.39 is 0 Å². The first-order valence-corrected chi connectivity index (χ1v) is 9.15. The molecule has 4 heterocycles. The zero-order chi connectivity index (χ0) is 21.1. The van der Waals surface area contributed by atoms with Gasteiger partial charge in [-0.05, 0) is 35.9 Å². The van der Waals surface area contributed by atoms with Crippen LogP contribution in [0, 0.1) is 0 Å². The van der Waals surface area contributed by atoms with E-state index >= 15 is 0 Å². The minimum absolute atomic E-state index is 0.248. The van der Waals surface area contributed by atoms with Crippen LogP contribution in [-0.4, -0.2) is 46.8 Å². The van der Waals surface area contributed by atoms with Gasteiger partial charge in [0.05, 0.1) is 19.7 Å². The third-order valence-corrected chi connectivity index (χ3v) is 4.49. The van der Waals surface area contributed by atoms with Crippen LogP contribution in [0.4, 0.5) is 11.6 Å². The number of nitrogens with one attached hydrogen (secondary N) is 2. The molecule has 9 nitrogen and oxygen atoms in total. The third-order valence-electron chi connectivity index (χ3n) is 4.49. The first kappa shape index (κ1) is 19.2. The van der Waals surface area contributed by atoms with Crippen LogP contribution < -0.4 is 20.1 Å². The highest BCUT2D eigenvalue weighted by Crippen LogP contribution is 2.30. The first-order chi connectivity index (χ1) is 14.6. The van der Waals surface area contributed by atoms with Gasteiger partial charge in [0.2, 0.25) is 0 Å². The lowest BCUT2D eigenvalue weighted by Crippen LogP contribution is -2.19. The van der Waals surface area contributed by atoms with Gasteiger partial charge in [-0.3, -0.25) is 4.79 Å². The Morgan fingerprint density at radius 3 is 2.67 bits per heavy atom. The molecule has 0 spiro atoms. The number of carbonyl (C=O) groups excluding carboxylic acids is 1. The summed E-state index contributed by atoms with van der Waals surface area (Å²) in [5.41, 5.74) is 3.06. The van der Waals surface area contributed by atoms with Crippen molar-refractivity contribution < 1.29 is 14.3 Å². The Balaban J connectivity index is 1.62. The van der Waals surface area contributed by atoms with Gasteiger partial charge in [-0.15, -0.1) is 0 Å².